The van der Waals surface area contributed by atoms with Gasteiger partial charge < -0.3 is 0 Å². The Balaban J connectivity index is 0.000000671. The molecule has 70 valence electrons. The van der Waals surface area contributed by atoms with Gasteiger partial charge in [0.15, 0.2) is 0 Å². The summed E-state index contributed by atoms with van der Waals surface area (Å²) in [5, 5.41) is 0. The molecule has 0 aliphatic carbocycles. The molecule has 0 saturated carbocycles. The van der Waals surface area contributed by atoms with Crippen LogP contribution in [0.3, 0.4) is 0 Å². The highest BCUT2D eigenvalue weighted by molar-refractivity contribution is 6.22. The van der Waals surface area contributed by atoms with Crippen LogP contribution in [0.4, 0.5) is 0 Å². The van der Waals surface area contributed by atoms with Crippen molar-refractivity contribution in [3.8, 4) is 0 Å². The van der Waals surface area contributed by atoms with E-state index in [9.17, 15) is 0 Å². The Bertz CT molecular complexity index is 280. The molecule has 0 fully saturated rings. The van der Waals surface area contributed by atoms with Crippen molar-refractivity contribution >= 4 is 11.9 Å². The number of aliphatic imine (C=N–C) groups is 2. The van der Waals surface area contributed by atoms with Crippen LogP contribution in [-0.4, -0.2) is 11.9 Å². The number of rotatable bonds is 1. The summed E-state index contributed by atoms with van der Waals surface area (Å²) in [5.41, 5.74) is 2.45. The largest absolute Gasteiger partial charge is 0.264 e. The van der Waals surface area contributed by atoms with Crippen molar-refractivity contribution in [1.29, 1.82) is 0 Å². The fraction of sp³-hybridized carbons (Fsp3) is 0.273. The molecular formula is C11H16N2. The van der Waals surface area contributed by atoms with Gasteiger partial charge >= 0.3 is 0 Å². The van der Waals surface area contributed by atoms with Crippen LogP contribution >= 0.6 is 0 Å². The molecule has 0 N–H and O–H groups in total. The van der Waals surface area contributed by atoms with E-state index in [0.717, 1.165) is 17.0 Å². The lowest BCUT2D eigenvalue weighted by Gasteiger charge is -2.02. The van der Waals surface area contributed by atoms with Crippen molar-refractivity contribution in [3.63, 3.8) is 0 Å². The molecule has 0 radical (unpaired) electrons. The van der Waals surface area contributed by atoms with Gasteiger partial charge in [-0.2, -0.15) is 0 Å². The minimum Gasteiger partial charge on any atom is -0.264 e. The molecule has 1 rings (SSSR count). The van der Waals surface area contributed by atoms with Gasteiger partial charge in [-0.1, -0.05) is 27.0 Å². The van der Waals surface area contributed by atoms with E-state index in [1.807, 2.05) is 26.8 Å². The quantitative estimate of drug-likeness (QED) is 0.586. The van der Waals surface area contributed by atoms with Crippen molar-refractivity contribution in [1.82, 2.24) is 0 Å². The molecule has 0 bridgehead atoms. The van der Waals surface area contributed by atoms with E-state index in [0.29, 0.717) is 0 Å². The summed E-state index contributed by atoms with van der Waals surface area (Å²) in [6.07, 6.45) is 5.19. The lowest BCUT2D eigenvalue weighted by Crippen LogP contribution is -2.02. The number of hydrogen-bond acceptors (Lipinski definition) is 2. The van der Waals surface area contributed by atoms with E-state index in [1.165, 1.54) is 0 Å². The molecule has 0 aromatic rings. The third-order valence-electron chi connectivity index (χ3n) is 1.19. The van der Waals surface area contributed by atoms with Crippen molar-refractivity contribution in [2.45, 2.75) is 20.8 Å². The van der Waals surface area contributed by atoms with Crippen LogP contribution in [-0.2, 0) is 0 Å². The smallest absolute Gasteiger partial charge is 0.0729 e. The molecule has 2 nitrogen and oxygen atoms in total. The van der Waals surface area contributed by atoms with Crippen LogP contribution in [0.25, 0.3) is 0 Å². The molecule has 0 aromatic heterocycles. The SMILES string of the molecule is C=C(C)N=C1C=CN=CC1=C.CC. The van der Waals surface area contributed by atoms with Crippen molar-refractivity contribution in [3.05, 3.63) is 36.7 Å². The Labute approximate surface area is 80.1 Å². The maximum Gasteiger partial charge on any atom is 0.0729 e. The van der Waals surface area contributed by atoms with E-state index < -0.39 is 0 Å². The standard InChI is InChI=1S/C9H10N2.C2H6/c1-7(2)11-9-4-5-10-6-8(9)3;1-2/h4-6H,1,3H2,2H3;1-2H3. The van der Waals surface area contributed by atoms with Crippen molar-refractivity contribution < 1.29 is 0 Å². The minimum absolute atomic E-state index is 0.779. The van der Waals surface area contributed by atoms with Crippen LogP contribution in [0.5, 0.6) is 0 Å². The summed E-state index contributed by atoms with van der Waals surface area (Å²) in [6, 6.07) is 0. The molecule has 0 saturated heterocycles. The van der Waals surface area contributed by atoms with E-state index in [2.05, 4.69) is 23.1 Å². The van der Waals surface area contributed by atoms with Gasteiger partial charge in [0.1, 0.15) is 0 Å². The molecule has 1 aliphatic heterocycles. The summed E-state index contributed by atoms with van der Waals surface area (Å²) in [4.78, 5) is 8.06. The van der Waals surface area contributed by atoms with Gasteiger partial charge in [0.2, 0.25) is 0 Å². The molecule has 13 heavy (non-hydrogen) atoms. The summed E-state index contributed by atoms with van der Waals surface area (Å²) >= 11 is 0. The number of nitrogens with zero attached hydrogens (tertiary/aromatic N) is 2. The topological polar surface area (TPSA) is 24.7 Å². The number of hydrogen-bond donors (Lipinski definition) is 0. The Morgan fingerprint density at radius 3 is 2.54 bits per heavy atom. The Kier molecular flexibility index (Phi) is 5.44. The first-order valence-corrected chi connectivity index (χ1v) is 4.33. The zero-order valence-electron chi connectivity index (χ0n) is 8.54. The summed E-state index contributed by atoms with van der Waals surface area (Å²) < 4.78 is 0. The Hall–Kier alpha value is -1.44. The summed E-state index contributed by atoms with van der Waals surface area (Å²) in [5.74, 6) is 0. The normalized spacial score (nSPS) is 16.8. The molecule has 0 atom stereocenters. The van der Waals surface area contributed by atoms with Gasteiger partial charge in [0.05, 0.1) is 5.71 Å². The van der Waals surface area contributed by atoms with E-state index in [4.69, 9.17) is 0 Å². The van der Waals surface area contributed by atoms with Crippen LogP contribution < -0.4 is 0 Å². The van der Waals surface area contributed by atoms with Crippen molar-refractivity contribution in [2.24, 2.45) is 9.98 Å². The highest BCUT2D eigenvalue weighted by Crippen LogP contribution is 2.03. The number of allylic oxidation sites excluding steroid dienone is 3. The molecule has 1 aliphatic rings. The van der Waals surface area contributed by atoms with Gasteiger partial charge in [-0.3, -0.25) is 9.98 Å². The van der Waals surface area contributed by atoms with Gasteiger partial charge in [0.25, 0.3) is 0 Å². The molecule has 0 unspecified atom stereocenters. The second-order valence-corrected chi connectivity index (χ2v) is 2.35. The van der Waals surface area contributed by atoms with Gasteiger partial charge in [0, 0.05) is 23.7 Å². The van der Waals surface area contributed by atoms with E-state index >= 15 is 0 Å². The molecular weight excluding hydrogens is 160 g/mol. The lowest BCUT2D eigenvalue weighted by molar-refractivity contribution is 1.32. The monoisotopic (exact) mass is 176 g/mol. The van der Waals surface area contributed by atoms with Gasteiger partial charge in [-0.15, -0.1) is 0 Å². The third kappa shape index (κ3) is 4.21. The second-order valence-electron chi connectivity index (χ2n) is 2.35. The van der Waals surface area contributed by atoms with Gasteiger partial charge in [-0.05, 0) is 13.0 Å². The van der Waals surface area contributed by atoms with Crippen LogP contribution in [0.1, 0.15) is 20.8 Å². The Morgan fingerprint density at radius 1 is 1.46 bits per heavy atom. The molecule has 0 aromatic carbocycles. The van der Waals surface area contributed by atoms with Crippen LogP contribution in [0.2, 0.25) is 0 Å². The molecule has 2 heteroatoms. The maximum atomic E-state index is 4.16. The fourth-order valence-corrected chi connectivity index (χ4v) is 0.735. The summed E-state index contributed by atoms with van der Waals surface area (Å²) in [7, 11) is 0. The van der Waals surface area contributed by atoms with Gasteiger partial charge in [-0.25, -0.2) is 0 Å². The minimum atomic E-state index is 0.779. The predicted octanol–water partition coefficient (Wildman–Crippen LogP) is 3.14. The average Bonchev–Trinajstić information content (AvgIpc) is 2.12. The third-order valence-corrected chi connectivity index (χ3v) is 1.19. The first kappa shape index (κ1) is 11.6. The van der Waals surface area contributed by atoms with Crippen LogP contribution in [0, 0.1) is 0 Å². The maximum absolute atomic E-state index is 4.16. The zero-order chi connectivity index (χ0) is 10.3. The predicted molar refractivity (Wildman–Crippen MR) is 60.4 cm³/mol. The first-order chi connectivity index (χ1) is 6.20. The second kappa shape index (κ2) is 6.12. The average molecular weight is 176 g/mol. The molecule has 1 heterocycles. The van der Waals surface area contributed by atoms with E-state index in [1.54, 1.807) is 12.4 Å². The fourth-order valence-electron chi connectivity index (χ4n) is 0.735. The lowest BCUT2D eigenvalue weighted by atomic mass is 10.1. The highest BCUT2D eigenvalue weighted by atomic mass is 14.8. The van der Waals surface area contributed by atoms with E-state index in [-0.39, 0.29) is 0 Å². The molecule has 0 spiro atoms. The molecule has 0 amide bonds. The van der Waals surface area contributed by atoms with Crippen molar-refractivity contribution in [2.75, 3.05) is 0 Å². The Morgan fingerprint density at radius 2 is 2.08 bits per heavy atom. The van der Waals surface area contributed by atoms with Crippen LogP contribution in [0.15, 0.2) is 46.7 Å². The first-order valence-electron chi connectivity index (χ1n) is 4.33. The zero-order valence-corrected chi connectivity index (χ0v) is 8.54. The summed E-state index contributed by atoms with van der Waals surface area (Å²) in [6.45, 7) is 13.3. The highest BCUT2D eigenvalue weighted by Gasteiger charge is 2.00.